The molecule has 2 heteroatoms. The van der Waals surface area contributed by atoms with Crippen LogP contribution >= 0.6 is 0 Å². The number of hydrogen-bond acceptors (Lipinski definition) is 2. The lowest BCUT2D eigenvalue weighted by Gasteiger charge is -2.37. The summed E-state index contributed by atoms with van der Waals surface area (Å²) in [6, 6.07) is 1.58. The van der Waals surface area contributed by atoms with Crippen LogP contribution in [0.15, 0.2) is 0 Å². The van der Waals surface area contributed by atoms with Crippen molar-refractivity contribution in [3.05, 3.63) is 0 Å². The second-order valence-electron chi connectivity index (χ2n) is 6.52. The predicted octanol–water partition coefficient (Wildman–Crippen LogP) is 3.42. The van der Waals surface area contributed by atoms with Gasteiger partial charge >= 0.3 is 0 Å². The molecule has 0 aliphatic heterocycles. The van der Waals surface area contributed by atoms with Crippen molar-refractivity contribution in [1.29, 1.82) is 0 Å². The molecule has 18 heavy (non-hydrogen) atoms. The molecule has 2 aliphatic rings. The molecule has 2 rings (SSSR count). The number of nitrogens with one attached hydrogen (secondary N) is 1. The van der Waals surface area contributed by atoms with E-state index in [1.54, 1.807) is 0 Å². The number of likely N-dealkylation sites (N-methyl/N-ethyl adjacent to an activating group) is 2. The van der Waals surface area contributed by atoms with Crippen molar-refractivity contribution in [2.75, 3.05) is 20.6 Å². The SMILES string of the molecule is CNC(CN(C)C1CCCCC1)C1CCCCC1. The first-order chi connectivity index (χ1) is 8.81. The zero-order chi connectivity index (χ0) is 12.8. The van der Waals surface area contributed by atoms with Crippen molar-refractivity contribution < 1.29 is 0 Å². The average molecular weight is 252 g/mol. The lowest BCUT2D eigenvalue weighted by Crippen LogP contribution is -2.47. The van der Waals surface area contributed by atoms with Gasteiger partial charge in [0.25, 0.3) is 0 Å². The van der Waals surface area contributed by atoms with E-state index in [2.05, 4.69) is 24.3 Å². The van der Waals surface area contributed by atoms with Gasteiger partial charge in [0.2, 0.25) is 0 Å². The summed E-state index contributed by atoms with van der Waals surface area (Å²) in [5.41, 5.74) is 0. The van der Waals surface area contributed by atoms with E-state index < -0.39 is 0 Å². The largest absolute Gasteiger partial charge is 0.315 e. The van der Waals surface area contributed by atoms with Gasteiger partial charge < -0.3 is 10.2 Å². The molecule has 0 amide bonds. The van der Waals surface area contributed by atoms with Crippen molar-refractivity contribution in [2.24, 2.45) is 5.92 Å². The molecule has 0 aromatic rings. The van der Waals surface area contributed by atoms with Gasteiger partial charge in [-0.2, -0.15) is 0 Å². The Hall–Kier alpha value is -0.0800. The summed E-state index contributed by atoms with van der Waals surface area (Å²) in [7, 11) is 4.51. The maximum Gasteiger partial charge on any atom is 0.0220 e. The van der Waals surface area contributed by atoms with Crippen molar-refractivity contribution in [1.82, 2.24) is 10.2 Å². The first-order valence-corrected chi connectivity index (χ1v) is 8.18. The Labute approximate surface area is 114 Å². The molecule has 0 spiro atoms. The van der Waals surface area contributed by atoms with Crippen LogP contribution in [-0.2, 0) is 0 Å². The number of nitrogens with zero attached hydrogens (tertiary/aromatic N) is 1. The van der Waals surface area contributed by atoms with Crippen molar-refractivity contribution in [3.63, 3.8) is 0 Å². The minimum absolute atomic E-state index is 0.720. The lowest BCUT2D eigenvalue weighted by atomic mass is 9.83. The number of hydrogen-bond donors (Lipinski definition) is 1. The van der Waals surface area contributed by atoms with Gasteiger partial charge in [0.1, 0.15) is 0 Å². The Kier molecular flexibility index (Phi) is 5.97. The summed E-state index contributed by atoms with van der Waals surface area (Å²) in [4.78, 5) is 2.65. The molecule has 0 heterocycles. The molecule has 106 valence electrons. The molecule has 0 saturated heterocycles. The van der Waals surface area contributed by atoms with Gasteiger partial charge in [-0.05, 0) is 45.7 Å². The van der Waals surface area contributed by atoms with Crippen LogP contribution in [-0.4, -0.2) is 37.6 Å². The molecule has 2 aliphatic carbocycles. The lowest BCUT2D eigenvalue weighted by molar-refractivity contribution is 0.147. The van der Waals surface area contributed by atoms with E-state index in [0.717, 1.165) is 18.0 Å². The van der Waals surface area contributed by atoms with Crippen LogP contribution in [0.2, 0.25) is 0 Å². The predicted molar refractivity (Wildman–Crippen MR) is 78.9 cm³/mol. The highest BCUT2D eigenvalue weighted by atomic mass is 15.2. The summed E-state index contributed by atoms with van der Waals surface area (Å²) >= 11 is 0. The molecule has 0 aromatic carbocycles. The van der Waals surface area contributed by atoms with E-state index in [1.807, 2.05) is 0 Å². The summed E-state index contributed by atoms with van der Waals surface area (Å²) in [6.45, 7) is 1.26. The van der Waals surface area contributed by atoms with Crippen LogP contribution in [0.3, 0.4) is 0 Å². The fourth-order valence-electron chi connectivity index (χ4n) is 3.99. The molecule has 2 fully saturated rings. The van der Waals surface area contributed by atoms with Crippen LogP contribution in [0.5, 0.6) is 0 Å². The summed E-state index contributed by atoms with van der Waals surface area (Å²) in [5, 5.41) is 3.60. The van der Waals surface area contributed by atoms with Gasteiger partial charge in [-0.15, -0.1) is 0 Å². The summed E-state index contributed by atoms with van der Waals surface area (Å²) < 4.78 is 0. The van der Waals surface area contributed by atoms with E-state index in [4.69, 9.17) is 0 Å². The maximum atomic E-state index is 3.60. The quantitative estimate of drug-likeness (QED) is 0.806. The molecule has 2 nitrogen and oxygen atoms in total. The monoisotopic (exact) mass is 252 g/mol. The van der Waals surface area contributed by atoms with Crippen LogP contribution in [0.1, 0.15) is 64.2 Å². The topological polar surface area (TPSA) is 15.3 Å². The Balaban J connectivity index is 1.80. The molecule has 2 saturated carbocycles. The second-order valence-corrected chi connectivity index (χ2v) is 6.52. The molecule has 1 N–H and O–H groups in total. The van der Waals surface area contributed by atoms with Crippen molar-refractivity contribution >= 4 is 0 Å². The maximum absolute atomic E-state index is 3.60. The minimum atomic E-state index is 0.720. The minimum Gasteiger partial charge on any atom is -0.315 e. The fraction of sp³-hybridized carbons (Fsp3) is 1.00. The first-order valence-electron chi connectivity index (χ1n) is 8.18. The summed E-state index contributed by atoms with van der Waals surface area (Å²) in [6.07, 6.45) is 14.5. The molecule has 1 unspecified atom stereocenters. The Morgan fingerprint density at radius 2 is 1.50 bits per heavy atom. The van der Waals surface area contributed by atoms with E-state index in [9.17, 15) is 0 Å². The van der Waals surface area contributed by atoms with Gasteiger partial charge in [-0.3, -0.25) is 0 Å². The van der Waals surface area contributed by atoms with Gasteiger partial charge in [-0.25, -0.2) is 0 Å². The normalized spacial score (nSPS) is 25.5. The second kappa shape index (κ2) is 7.49. The van der Waals surface area contributed by atoms with E-state index in [-0.39, 0.29) is 0 Å². The van der Waals surface area contributed by atoms with Crippen molar-refractivity contribution in [2.45, 2.75) is 76.3 Å². The standard InChI is InChI=1S/C16H32N2/c1-17-16(14-9-5-3-6-10-14)13-18(2)15-11-7-4-8-12-15/h14-17H,3-13H2,1-2H3. The number of rotatable bonds is 5. The zero-order valence-corrected chi connectivity index (χ0v) is 12.5. The van der Waals surface area contributed by atoms with E-state index in [1.165, 1.54) is 70.8 Å². The average Bonchev–Trinajstić information content (AvgIpc) is 2.46. The van der Waals surface area contributed by atoms with E-state index in [0.29, 0.717) is 0 Å². The molecular weight excluding hydrogens is 220 g/mol. The van der Waals surface area contributed by atoms with Gasteiger partial charge in [0.15, 0.2) is 0 Å². The Morgan fingerprint density at radius 1 is 0.944 bits per heavy atom. The fourth-order valence-corrected chi connectivity index (χ4v) is 3.99. The van der Waals surface area contributed by atoms with Crippen molar-refractivity contribution in [3.8, 4) is 0 Å². The third kappa shape index (κ3) is 3.96. The summed E-state index contributed by atoms with van der Waals surface area (Å²) in [5.74, 6) is 0.926. The Morgan fingerprint density at radius 3 is 2.06 bits per heavy atom. The molecule has 1 atom stereocenters. The highest BCUT2D eigenvalue weighted by Gasteiger charge is 2.26. The first kappa shape index (κ1) is 14.3. The third-order valence-corrected chi connectivity index (χ3v) is 5.27. The molecule has 0 bridgehead atoms. The van der Waals surface area contributed by atoms with Gasteiger partial charge in [0.05, 0.1) is 0 Å². The van der Waals surface area contributed by atoms with Crippen LogP contribution in [0.4, 0.5) is 0 Å². The van der Waals surface area contributed by atoms with E-state index >= 15 is 0 Å². The van der Waals surface area contributed by atoms with Crippen LogP contribution in [0.25, 0.3) is 0 Å². The molecule has 0 aromatic heterocycles. The smallest absolute Gasteiger partial charge is 0.0220 e. The molecular formula is C16H32N2. The van der Waals surface area contributed by atoms with Gasteiger partial charge in [0, 0.05) is 18.6 Å². The third-order valence-electron chi connectivity index (χ3n) is 5.27. The Bertz CT molecular complexity index is 217. The van der Waals surface area contributed by atoms with Crippen LogP contribution < -0.4 is 5.32 Å². The molecule has 0 radical (unpaired) electrons. The van der Waals surface area contributed by atoms with Gasteiger partial charge in [-0.1, -0.05) is 38.5 Å². The zero-order valence-electron chi connectivity index (χ0n) is 12.5. The highest BCUT2D eigenvalue weighted by Crippen LogP contribution is 2.28. The highest BCUT2D eigenvalue weighted by molar-refractivity contribution is 4.83. The van der Waals surface area contributed by atoms with Crippen LogP contribution in [0, 0.1) is 5.92 Å².